The minimum absolute atomic E-state index is 0.0184. The standard InChI is InChI=1S/C13H13BrN2O3/c1-7-4-3-5-8(11(7)14)12(18)15-9-6-10(17)16(2)13(9)19/h3-5,9H,6H2,1-2H3,(H,15,18). The lowest BCUT2D eigenvalue weighted by Crippen LogP contribution is -2.40. The highest BCUT2D eigenvalue weighted by molar-refractivity contribution is 9.10. The van der Waals surface area contributed by atoms with Gasteiger partial charge in [-0.25, -0.2) is 0 Å². The monoisotopic (exact) mass is 324 g/mol. The number of likely N-dealkylation sites (N-methyl/N-ethyl adjacent to an activating group) is 1. The molecule has 0 radical (unpaired) electrons. The van der Waals surface area contributed by atoms with Gasteiger partial charge in [0.05, 0.1) is 12.0 Å². The van der Waals surface area contributed by atoms with E-state index >= 15 is 0 Å². The fourth-order valence-corrected chi connectivity index (χ4v) is 2.37. The number of imide groups is 1. The van der Waals surface area contributed by atoms with Crippen LogP contribution < -0.4 is 5.32 Å². The molecule has 1 N–H and O–H groups in total. The van der Waals surface area contributed by atoms with Gasteiger partial charge in [-0.2, -0.15) is 0 Å². The Labute approximate surface area is 119 Å². The first-order chi connectivity index (χ1) is 8.91. The van der Waals surface area contributed by atoms with Gasteiger partial charge in [-0.3, -0.25) is 19.3 Å². The van der Waals surface area contributed by atoms with Gasteiger partial charge in [-0.05, 0) is 34.5 Å². The third kappa shape index (κ3) is 2.53. The zero-order valence-electron chi connectivity index (χ0n) is 10.6. The number of aryl methyl sites for hydroxylation is 1. The summed E-state index contributed by atoms with van der Waals surface area (Å²) in [6.45, 7) is 1.87. The van der Waals surface area contributed by atoms with Crippen molar-refractivity contribution in [2.75, 3.05) is 7.05 Å². The smallest absolute Gasteiger partial charge is 0.253 e. The molecular weight excluding hydrogens is 312 g/mol. The van der Waals surface area contributed by atoms with E-state index in [9.17, 15) is 14.4 Å². The third-order valence-corrected chi connectivity index (χ3v) is 4.18. The summed E-state index contributed by atoms with van der Waals surface area (Å²) in [6, 6.07) is 4.54. The quantitative estimate of drug-likeness (QED) is 0.832. The summed E-state index contributed by atoms with van der Waals surface area (Å²) >= 11 is 3.35. The van der Waals surface area contributed by atoms with Gasteiger partial charge in [-0.1, -0.05) is 12.1 Å². The van der Waals surface area contributed by atoms with Gasteiger partial charge >= 0.3 is 0 Å². The third-order valence-electron chi connectivity index (χ3n) is 3.12. The number of carbonyl (C=O) groups excluding carboxylic acids is 3. The van der Waals surface area contributed by atoms with Crippen molar-refractivity contribution in [3.05, 3.63) is 33.8 Å². The number of carbonyl (C=O) groups is 3. The molecule has 0 saturated carbocycles. The second kappa shape index (κ2) is 5.13. The Hall–Kier alpha value is -1.69. The van der Waals surface area contributed by atoms with Crippen LogP contribution in [0.1, 0.15) is 22.3 Å². The van der Waals surface area contributed by atoms with Gasteiger partial charge in [0, 0.05) is 11.5 Å². The summed E-state index contributed by atoms with van der Waals surface area (Å²) in [4.78, 5) is 36.2. The normalized spacial score (nSPS) is 18.9. The molecule has 2 rings (SSSR count). The lowest BCUT2D eigenvalue weighted by molar-refractivity contribution is -0.137. The van der Waals surface area contributed by atoms with Crippen molar-refractivity contribution in [1.82, 2.24) is 10.2 Å². The van der Waals surface area contributed by atoms with E-state index in [4.69, 9.17) is 0 Å². The minimum Gasteiger partial charge on any atom is -0.340 e. The SMILES string of the molecule is Cc1cccc(C(=O)NC2CC(=O)N(C)C2=O)c1Br. The van der Waals surface area contributed by atoms with Crippen molar-refractivity contribution >= 4 is 33.7 Å². The van der Waals surface area contributed by atoms with Crippen LogP contribution in [0.3, 0.4) is 0 Å². The van der Waals surface area contributed by atoms with Crippen molar-refractivity contribution in [1.29, 1.82) is 0 Å². The first-order valence-electron chi connectivity index (χ1n) is 5.78. The molecule has 0 aliphatic carbocycles. The Kier molecular flexibility index (Phi) is 3.71. The zero-order chi connectivity index (χ0) is 14.2. The topological polar surface area (TPSA) is 66.5 Å². The molecule has 1 heterocycles. The van der Waals surface area contributed by atoms with Crippen molar-refractivity contribution in [2.24, 2.45) is 0 Å². The molecule has 3 amide bonds. The van der Waals surface area contributed by atoms with E-state index in [1.807, 2.05) is 13.0 Å². The molecule has 1 aliphatic rings. The van der Waals surface area contributed by atoms with E-state index in [0.29, 0.717) is 10.0 Å². The predicted octanol–water partition coefficient (Wildman–Crippen LogP) is 1.24. The molecule has 1 fully saturated rings. The molecule has 19 heavy (non-hydrogen) atoms. The molecule has 1 aliphatic heterocycles. The van der Waals surface area contributed by atoms with Gasteiger partial charge in [0.1, 0.15) is 6.04 Å². The van der Waals surface area contributed by atoms with Crippen molar-refractivity contribution in [2.45, 2.75) is 19.4 Å². The van der Waals surface area contributed by atoms with Gasteiger partial charge < -0.3 is 5.32 Å². The van der Waals surface area contributed by atoms with Crippen LogP contribution in [0.5, 0.6) is 0 Å². The minimum atomic E-state index is -0.766. The van der Waals surface area contributed by atoms with E-state index in [1.54, 1.807) is 12.1 Å². The Morgan fingerprint density at radius 2 is 2.11 bits per heavy atom. The Bertz CT molecular complexity index is 571. The Balaban J connectivity index is 2.16. The maximum Gasteiger partial charge on any atom is 0.253 e. The molecule has 0 aromatic heterocycles. The largest absolute Gasteiger partial charge is 0.340 e. The van der Waals surface area contributed by atoms with E-state index in [1.165, 1.54) is 7.05 Å². The number of nitrogens with zero attached hydrogens (tertiary/aromatic N) is 1. The van der Waals surface area contributed by atoms with Crippen LogP contribution in [-0.2, 0) is 9.59 Å². The highest BCUT2D eigenvalue weighted by atomic mass is 79.9. The maximum absolute atomic E-state index is 12.1. The summed E-state index contributed by atoms with van der Waals surface area (Å²) in [6.07, 6.45) is 0.0184. The molecule has 1 aromatic rings. The van der Waals surface area contributed by atoms with Gasteiger partial charge in [0.2, 0.25) is 5.91 Å². The van der Waals surface area contributed by atoms with Crippen LogP contribution in [-0.4, -0.2) is 35.7 Å². The van der Waals surface area contributed by atoms with E-state index in [2.05, 4.69) is 21.2 Å². The Morgan fingerprint density at radius 1 is 1.42 bits per heavy atom. The summed E-state index contributed by atoms with van der Waals surface area (Å²) in [5.74, 6) is -1.02. The predicted molar refractivity (Wildman–Crippen MR) is 72.5 cm³/mol. The number of benzene rings is 1. The first kappa shape index (κ1) is 13.7. The zero-order valence-corrected chi connectivity index (χ0v) is 12.2. The summed E-state index contributed by atoms with van der Waals surface area (Å²) in [5.41, 5.74) is 1.38. The van der Waals surface area contributed by atoms with E-state index in [-0.39, 0.29) is 24.1 Å². The van der Waals surface area contributed by atoms with Crippen LogP contribution in [0.4, 0.5) is 0 Å². The van der Waals surface area contributed by atoms with Crippen molar-refractivity contribution < 1.29 is 14.4 Å². The van der Waals surface area contributed by atoms with Crippen LogP contribution >= 0.6 is 15.9 Å². The number of nitrogens with one attached hydrogen (secondary N) is 1. The van der Waals surface area contributed by atoms with Gasteiger partial charge in [0.25, 0.3) is 11.8 Å². The Morgan fingerprint density at radius 3 is 2.68 bits per heavy atom. The molecule has 0 bridgehead atoms. The molecule has 1 aromatic carbocycles. The van der Waals surface area contributed by atoms with Crippen LogP contribution in [0, 0.1) is 6.92 Å². The molecule has 1 saturated heterocycles. The molecular formula is C13H13BrN2O3. The highest BCUT2D eigenvalue weighted by Crippen LogP contribution is 2.21. The number of halogens is 1. The summed E-state index contributed by atoms with van der Waals surface area (Å²) in [7, 11) is 1.42. The van der Waals surface area contributed by atoms with Crippen LogP contribution in [0.25, 0.3) is 0 Å². The second-order valence-electron chi connectivity index (χ2n) is 4.46. The fourth-order valence-electron chi connectivity index (χ4n) is 1.93. The number of likely N-dealkylation sites (tertiary alicyclic amines) is 1. The highest BCUT2D eigenvalue weighted by Gasteiger charge is 2.37. The summed E-state index contributed by atoms with van der Waals surface area (Å²) < 4.78 is 0.692. The molecule has 1 unspecified atom stereocenters. The number of hydrogen-bond acceptors (Lipinski definition) is 3. The van der Waals surface area contributed by atoms with E-state index in [0.717, 1.165) is 10.5 Å². The van der Waals surface area contributed by atoms with Gasteiger partial charge in [-0.15, -0.1) is 0 Å². The molecule has 5 nitrogen and oxygen atoms in total. The lowest BCUT2D eigenvalue weighted by atomic mass is 10.1. The second-order valence-corrected chi connectivity index (χ2v) is 5.25. The van der Waals surface area contributed by atoms with Crippen LogP contribution in [0.2, 0.25) is 0 Å². The first-order valence-corrected chi connectivity index (χ1v) is 6.57. The maximum atomic E-state index is 12.1. The van der Waals surface area contributed by atoms with Crippen molar-refractivity contribution in [3.63, 3.8) is 0 Å². The average Bonchev–Trinajstić information content (AvgIpc) is 2.60. The number of amides is 3. The van der Waals surface area contributed by atoms with E-state index < -0.39 is 6.04 Å². The lowest BCUT2D eigenvalue weighted by Gasteiger charge is -2.12. The van der Waals surface area contributed by atoms with Gasteiger partial charge in [0.15, 0.2) is 0 Å². The average molecular weight is 325 g/mol. The van der Waals surface area contributed by atoms with Crippen molar-refractivity contribution in [3.8, 4) is 0 Å². The number of rotatable bonds is 2. The van der Waals surface area contributed by atoms with Crippen LogP contribution in [0.15, 0.2) is 22.7 Å². The molecule has 0 spiro atoms. The number of hydrogen-bond donors (Lipinski definition) is 1. The molecule has 6 heteroatoms. The molecule has 1 atom stereocenters. The fraction of sp³-hybridized carbons (Fsp3) is 0.308. The summed E-state index contributed by atoms with van der Waals surface area (Å²) in [5, 5.41) is 2.59. The molecule has 100 valence electrons.